The second kappa shape index (κ2) is 24.7. The maximum absolute atomic E-state index is 15.3. The van der Waals surface area contributed by atoms with E-state index in [-0.39, 0.29) is 22.3 Å². The zero-order chi connectivity index (χ0) is 59.1. The van der Waals surface area contributed by atoms with Gasteiger partial charge in [-0.1, -0.05) is 102 Å². The molecule has 0 spiro atoms. The van der Waals surface area contributed by atoms with Crippen molar-refractivity contribution >= 4 is 68.3 Å². The van der Waals surface area contributed by atoms with Crippen LogP contribution in [0.15, 0.2) is 140 Å². The molecule has 21 nitrogen and oxygen atoms in total. The maximum atomic E-state index is 15.3. The fourth-order valence-electron chi connectivity index (χ4n) is 9.38. The van der Waals surface area contributed by atoms with Gasteiger partial charge >= 0.3 is 40.6 Å². The Bertz CT molecular complexity index is 3640. The van der Waals surface area contributed by atoms with Crippen LogP contribution in [0.3, 0.4) is 0 Å². The summed E-state index contributed by atoms with van der Waals surface area (Å²) in [6.07, 6.45) is -1.13. The van der Waals surface area contributed by atoms with Gasteiger partial charge in [0, 0.05) is 53.6 Å². The van der Waals surface area contributed by atoms with E-state index in [1.807, 2.05) is 48.5 Å². The average molecular weight is 1140 g/mol. The molecule has 430 valence electrons. The molecular formula is C60H64N6O15S. The lowest BCUT2D eigenvalue weighted by molar-refractivity contribution is -0.147. The molecule has 5 aromatic carbocycles. The molecule has 1 aliphatic carbocycles. The molecule has 0 fully saturated rings. The number of amides is 3. The molecule has 3 N–H and O–H groups in total. The molecule has 8 rings (SSSR count). The molecule has 0 saturated carbocycles. The van der Waals surface area contributed by atoms with E-state index >= 15 is 8.42 Å². The number of nitrogens with one attached hydrogen (secondary N) is 3. The van der Waals surface area contributed by atoms with Gasteiger partial charge in [-0.05, 0) is 99.2 Å². The van der Waals surface area contributed by atoms with E-state index in [2.05, 4.69) is 22.0 Å². The topological polar surface area (TPSA) is 250 Å². The first-order chi connectivity index (χ1) is 39.0. The Labute approximate surface area is 474 Å². The number of para-hydroxylation sites is 2. The summed E-state index contributed by atoms with van der Waals surface area (Å²) in [4.78, 5) is 85.0. The Morgan fingerprint density at radius 1 is 0.659 bits per heavy atom. The van der Waals surface area contributed by atoms with Crippen molar-refractivity contribution in [2.75, 3.05) is 27.4 Å². The SMILES string of the molecule is C=CCOC(=O)N[C@H](Cc1cn(C(=O)OC(C)(C)C)c2ccccc12)C(=O)NN(C(=O)OCC1c2ccccc2-c2ccccc21)S(=O)(=O)N[C@@H](Cc1cn(C(=O)OC(C)(C)C)c2ccccc12)C(=O)OCc1ccc(OC)cc1OC. The highest BCUT2D eigenvalue weighted by atomic mass is 32.2. The van der Waals surface area contributed by atoms with Crippen LogP contribution in [0.5, 0.6) is 11.5 Å². The van der Waals surface area contributed by atoms with Crippen molar-refractivity contribution in [2.24, 2.45) is 0 Å². The number of ether oxygens (including phenoxy) is 7. The van der Waals surface area contributed by atoms with Crippen LogP contribution in [-0.2, 0) is 62.9 Å². The molecule has 0 radical (unpaired) electrons. The molecule has 2 aromatic heterocycles. The summed E-state index contributed by atoms with van der Waals surface area (Å²) in [7, 11) is -2.67. The van der Waals surface area contributed by atoms with Gasteiger partial charge in [0.25, 0.3) is 5.91 Å². The minimum absolute atomic E-state index is 0.105. The third-order valence-corrected chi connectivity index (χ3v) is 14.3. The van der Waals surface area contributed by atoms with Crippen LogP contribution in [0, 0.1) is 0 Å². The van der Waals surface area contributed by atoms with Crippen molar-refractivity contribution < 1.29 is 70.3 Å². The second-order valence-corrected chi connectivity index (χ2v) is 22.6. The molecule has 0 saturated heterocycles. The number of carbonyl (C=O) groups is 6. The van der Waals surface area contributed by atoms with Gasteiger partial charge in [-0.2, -0.15) is 13.1 Å². The van der Waals surface area contributed by atoms with Crippen molar-refractivity contribution in [3.63, 3.8) is 0 Å². The smallest absolute Gasteiger partial charge is 0.444 e. The van der Waals surface area contributed by atoms with Gasteiger partial charge in [-0.3, -0.25) is 18.7 Å². The van der Waals surface area contributed by atoms with E-state index in [1.54, 1.807) is 108 Å². The molecule has 7 aromatic rings. The number of rotatable bonds is 18. The number of aromatic nitrogens is 2. The molecule has 1 aliphatic rings. The lowest BCUT2D eigenvalue weighted by Crippen LogP contribution is -2.60. The number of alkyl carbamates (subject to hydrolysis) is 1. The highest BCUT2D eigenvalue weighted by Crippen LogP contribution is 2.44. The number of fused-ring (bicyclic) bond motifs is 5. The van der Waals surface area contributed by atoms with Crippen LogP contribution < -0.4 is 24.9 Å². The molecule has 2 heterocycles. The number of hydrazine groups is 1. The number of benzene rings is 5. The van der Waals surface area contributed by atoms with Crippen molar-refractivity contribution in [3.05, 3.63) is 168 Å². The Balaban J connectivity index is 1.19. The van der Waals surface area contributed by atoms with E-state index in [1.165, 1.54) is 41.8 Å². The molecule has 3 amide bonds. The van der Waals surface area contributed by atoms with Crippen molar-refractivity contribution in [1.82, 2.24) is 29.0 Å². The minimum Gasteiger partial charge on any atom is -0.497 e. The number of hydrogen-bond acceptors (Lipinski definition) is 15. The Morgan fingerprint density at radius 2 is 1.18 bits per heavy atom. The standard InChI is InChI=1S/C60H64N6O15S/c1-10-29-77-55(69)61-48(30-38-33-64(56(70)80-59(2,3)4)50-25-17-15-19-41(38)50)53(67)62-66(58(72)79-36-47-45-23-13-11-21-43(45)44-22-12-14-24-46(44)47)82(73,74)63-49(54(68)78-35-37-27-28-40(75-8)32-52(37)76-9)31-39-34-65(57(71)81-60(5,6)7)51-26-18-16-20-42(39)51/h10-28,32-34,47-49,63H,1,29-31,35-36H2,2-9H3,(H,61,69)(H,62,67)/t48-,49+/m1/s1. The summed E-state index contributed by atoms with van der Waals surface area (Å²) >= 11 is 0. The Morgan fingerprint density at radius 3 is 1.71 bits per heavy atom. The maximum Gasteiger partial charge on any atom is 0.444 e. The van der Waals surface area contributed by atoms with Crippen molar-refractivity contribution in [2.45, 2.75) is 90.2 Å². The van der Waals surface area contributed by atoms with Gasteiger partial charge in [0.05, 0.1) is 25.3 Å². The van der Waals surface area contributed by atoms with Crippen LogP contribution in [0.2, 0.25) is 0 Å². The summed E-state index contributed by atoms with van der Waals surface area (Å²) in [6.45, 7) is 12.5. The fraction of sp³-hybridized carbons (Fsp3) is 0.300. The van der Waals surface area contributed by atoms with E-state index < -0.39 is 102 Å². The molecule has 2 atom stereocenters. The number of methoxy groups -OCH3 is 2. The zero-order valence-electron chi connectivity index (χ0n) is 46.6. The van der Waals surface area contributed by atoms with Crippen LogP contribution >= 0.6 is 0 Å². The predicted molar refractivity (Wildman–Crippen MR) is 303 cm³/mol. The lowest BCUT2D eigenvalue weighted by atomic mass is 9.98. The van der Waals surface area contributed by atoms with Gasteiger partial charge in [-0.15, -0.1) is 0 Å². The summed E-state index contributed by atoms with van der Waals surface area (Å²) in [6, 6.07) is 29.3. The number of nitrogens with zero attached hydrogens (tertiary/aromatic N) is 3. The summed E-state index contributed by atoms with van der Waals surface area (Å²) in [5.74, 6) is -2.34. The third kappa shape index (κ3) is 13.7. The van der Waals surface area contributed by atoms with Gasteiger partial charge in [-0.25, -0.2) is 24.6 Å². The van der Waals surface area contributed by atoms with Crippen LogP contribution in [0.25, 0.3) is 32.9 Å². The van der Waals surface area contributed by atoms with Crippen LogP contribution in [0.4, 0.5) is 19.2 Å². The average Bonchev–Trinajstić information content (AvgIpc) is 4.29. The van der Waals surface area contributed by atoms with E-state index in [0.717, 1.165) is 22.3 Å². The first kappa shape index (κ1) is 59.0. The number of carbonyl (C=O) groups excluding carboxylic acids is 6. The van der Waals surface area contributed by atoms with Crippen molar-refractivity contribution in [3.8, 4) is 22.6 Å². The van der Waals surface area contributed by atoms with Crippen LogP contribution in [-0.4, -0.2) is 109 Å². The zero-order valence-corrected chi connectivity index (χ0v) is 47.4. The van der Waals surface area contributed by atoms with E-state index in [4.69, 9.17) is 33.2 Å². The summed E-state index contributed by atoms with van der Waals surface area (Å²) < 4.78 is 74.3. The van der Waals surface area contributed by atoms with Gasteiger partial charge in [0.1, 0.15) is 54.6 Å². The fourth-order valence-corrected chi connectivity index (χ4v) is 10.5. The third-order valence-electron chi connectivity index (χ3n) is 13.0. The number of esters is 1. The molecule has 22 heteroatoms. The van der Waals surface area contributed by atoms with E-state index in [0.29, 0.717) is 38.7 Å². The first-order valence-corrected chi connectivity index (χ1v) is 27.5. The Hall–Kier alpha value is -9.15. The lowest BCUT2D eigenvalue weighted by Gasteiger charge is -2.27. The summed E-state index contributed by atoms with van der Waals surface area (Å²) in [5.41, 5.74) is 5.31. The van der Waals surface area contributed by atoms with Gasteiger partial charge in [0.2, 0.25) is 0 Å². The molecule has 82 heavy (non-hydrogen) atoms. The molecule has 0 unspecified atom stereocenters. The largest absolute Gasteiger partial charge is 0.497 e. The summed E-state index contributed by atoms with van der Waals surface area (Å²) in [5, 5.41) is 3.33. The quantitative estimate of drug-likeness (QED) is 0.0313. The number of hydrogen-bond donors (Lipinski definition) is 3. The van der Waals surface area contributed by atoms with Crippen molar-refractivity contribution in [1.29, 1.82) is 0 Å². The minimum atomic E-state index is -5.53. The van der Waals surface area contributed by atoms with Gasteiger partial charge < -0.3 is 38.5 Å². The second-order valence-electron chi connectivity index (χ2n) is 21.0. The molecule has 0 aliphatic heterocycles. The van der Waals surface area contributed by atoms with Crippen LogP contribution in [0.1, 0.15) is 75.3 Å². The highest BCUT2D eigenvalue weighted by Gasteiger charge is 2.40. The molecule has 0 bridgehead atoms. The normalized spacial score (nSPS) is 13.0. The molecular weight excluding hydrogens is 1080 g/mol. The highest BCUT2D eigenvalue weighted by molar-refractivity contribution is 7.87. The Kier molecular flexibility index (Phi) is 17.8. The monoisotopic (exact) mass is 1140 g/mol. The van der Waals surface area contributed by atoms with E-state index in [9.17, 15) is 28.8 Å². The first-order valence-electron chi connectivity index (χ1n) is 26.0. The van der Waals surface area contributed by atoms with Gasteiger partial charge in [0.15, 0.2) is 0 Å². The predicted octanol–water partition coefficient (Wildman–Crippen LogP) is 9.47.